The van der Waals surface area contributed by atoms with Crippen molar-refractivity contribution in [3.63, 3.8) is 0 Å². The first-order chi connectivity index (χ1) is 16.3. The van der Waals surface area contributed by atoms with Crippen LogP contribution in [0.15, 0.2) is 42.6 Å². The van der Waals surface area contributed by atoms with Gasteiger partial charge in [-0.1, -0.05) is 6.07 Å². The summed E-state index contributed by atoms with van der Waals surface area (Å²) in [6, 6.07) is 5.62. The van der Waals surface area contributed by atoms with Crippen molar-refractivity contribution in [2.75, 3.05) is 22.5 Å². The fraction of sp³-hybridized carbons (Fsp3) is 0.261. The normalized spacial score (nSPS) is 14.0. The number of aromatic nitrogens is 2. The molecular weight excluding hydrogens is 476 g/mol. The first-order valence-electron chi connectivity index (χ1n) is 10.4. The lowest BCUT2D eigenvalue weighted by atomic mass is 10.0. The molecule has 1 amide bonds. The molecule has 0 bridgehead atoms. The van der Waals surface area contributed by atoms with Gasteiger partial charge in [0.15, 0.2) is 0 Å². The highest BCUT2D eigenvalue weighted by atomic mass is 19.4. The molecule has 35 heavy (non-hydrogen) atoms. The second-order valence-electron chi connectivity index (χ2n) is 8.12. The van der Waals surface area contributed by atoms with Crippen LogP contribution in [0, 0.1) is 6.92 Å². The molecule has 6 nitrogen and oxygen atoms in total. The van der Waals surface area contributed by atoms with E-state index in [2.05, 4.69) is 15.3 Å². The highest BCUT2D eigenvalue weighted by Crippen LogP contribution is 2.36. The van der Waals surface area contributed by atoms with E-state index in [4.69, 9.17) is 5.73 Å². The molecule has 2 heterocycles. The van der Waals surface area contributed by atoms with Crippen molar-refractivity contribution in [2.24, 2.45) is 0 Å². The predicted octanol–water partition coefficient (Wildman–Crippen LogP) is 5.22. The van der Waals surface area contributed by atoms with Crippen molar-refractivity contribution in [3.8, 4) is 0 Å². The molecule has 1 aliphatic rings. The zero-order valence-corrected chi connectivity index (χ0v) is 18.3. The summed E-state index contributed by atoms with van der Waals surface area (Å²) in [5, 5.41) is 2.41. The molecule has 3 N–H and O–H groups in total. The van der Waals surface area contributed by atoms with Crippen LogP contribution in [0.5, 0.6) is 0 Å². The van der Waals surface area contributed by atoms with Gasteiger partial charge in [-0.05, 0) is 42.8 Å². The van der Waals surface area contributed by atoms with Gasteiger partial charge in [-0.3, -0.25) is 4.79 Å². The van der Waals surface area contributed by atoms with E-state index >= 15 is 0 Å². The number of carbonyl (C=O) groups is 1. The van der Waals surface area contributed by atoms with Crippen molar-refractivity contribution in [1.29, 1.82) is 0 Å². The summed E-state index contributed by atoms with van der Waals surface area (Å²) in [5.41, 5.74) is 5.30. The predicted molar refractivity (Wildman–Crippen MR) is 117 cm³/mol. The van der Waals surface area contributed by atoms with Crippen LogP contribution in [0.3, 0.4) is 0 Å². The average Bonchev–Trinajstić information content (AvgIpc) is 2.78. The summed E-state index contributed by atoms with van der Waals surface area (Å²) in [6.45, 7) is 2.90. The lowest BCUT2D eigenvalue weighted by molar-refractivity contribution is -0.143. The maximum atomic E-state index is 13.1. The molecule has 0 saturated heterocycles. The van der Waals surface area contributed by atoms with Crippen molar-refractivity contribution in [1.82, 2.24) is 9.97 Å². The summed E-state index contributed by atoms with van der Waals surface area (Å²) in [6.07, 6.45) is -7.86. The zero-order chi connectivity index (χ0) is 25.5. The molecule has 3 aromatic rings. The van der Waals surface area contributed by atoms with Crippen LogP contribution in [-0.2, 0) is 25.3 Å². The number of hydrogen-bond donors (Lipinski definition) is 2. The number of anilines is 3. The maximum absolute atomic E-state index is 13.1. The first-order valence-corrected chi connectivity index (χ1v) is 10.4. The minimum absolute atomic E-state index is 0.0215. The molecule has 2 aromatic carbocycles. The molecule has 0 unspecified atom stereocenters. The van der Waals surface area contributed by atoms with Crippen LogP contribution in [0.25, 0.3) is 0 Å². The molecule has 0 spiro atoms. The largest absolute Gasteiger partial charge is 0.416 e. The monoisotopic (exact) mass is 495 g/mol. The SMILES string of the molecule is Cc1ccc(NC(=O)c2cc(C(F)(F)F)cc(C(F)(F)F)c2)cc1N1CCc2nc(N)ncc2C1. The Morgan fingerprint density at radius 1 is 1.03 bits per heavy atom. The second kappa shape index (κ2) is 8.75. The van der Waals surface area contributed by atoms with Gasteiger partial charge < -0.3 is 16.0 Å². The molecule has 0 atom stereocenters. The minimum Gasteiger partial charge on any atom is -0.368 e. The minimum atomic E-state index is -5.05. The van der Waals surface area contributed by atoms with E-state index in [1.165, 1.54) is 6.07 Å². The lowest BCUT2D eigenvalue weighted by Gasteiger charge is -2.31. The molecule has 4 rings (SSSR count). The van der Waals surface area contributed by atoms with Gasteiger partial charge in [-0.15, -0.1) is 0 Å². The number of nitrogen functional groups attached to an aromatic ring is 1. The lowest BCUT2D eigenvalue weighted by Crippen LogP contribution is -2.32. The number of carbonyl (C=O) groups excluding carboxylic acids is 1. The topological polar surface area (TPSA) is 84.1 Å². The van der Waals surface area contributed by atoms with Gasteiger partial charge in [0, 0.05) is 48.2 Å². The van der Waals surface area contributed by atoms with Gasteiger partial charge in [-0.25, -0.2) is 9.97 Å². The first kappa shape index (κ1) is 24.3. The number of fused-ring (bicyclic) bond motifs is 1. The second-order valence-corrected chi connectivity index (χ2v) is 8.12. The Kier molecular flexibility index (Phi) is 6.07. The molecule has 0 saturated carbocycles. The Balaban J connectivity index is 1.61. The molecule has 1 aromatic heterocycles. The smallest absolute Gasteiger partial charge is 0.368 e. The number of nitrogens with one attached hydrogen (secondary N) is 1. The van der Waals surface area contributed by atoms with Crippen LogP contribution in [-0.4, -0.2) is 22.4 Å². The van der Waals surface area contributed by atoms with Crippen molar-refractivity contribution < 1.29 is 31.1 Å². The quantitative estimate of drug-likeness (QED) is 0.487. The van der Waals surface area contributed by atoms with E-state index in [1.807, 2.05) is 11.8 Å². The Morgan fingerprint density at radius 2 is 1.69 bits per heavy atom. The van der Waals surface area contributed by atoms with Crippen LogP contribution in [0.2, 0.25) is 0 Å². The molecule has 1 aliphatic heterocycles. The Morgan fingerprint density at radius 3 is 2.31 bits per heavy atom. The third-order valence-corrected chi connectivity index (χ3v) is 5.61. The number of halogens is 6. The zero-order valence-electron chi connectivity index (χ0n) is 18.3. The third-order valence-electron chi connectivity index (χ3n) is 5.61. The van der Waals surface area contributed by atoms with Gasteiger partial charge in [0.05, 0.1) is 16.8 Å². The summed E-state index contributed by atoms with van der Waals surface area (Å²) >= 11 is 0. The number of rotatable bonds is 3. The van der Waals surface area contributed by atoms with E-state index in [0.717, 1.165) is 22.5 Å². The van der Waals surface area contributed by atoms with Crippen molar-refractivity contribution in [2.45, 2.75) is 32.2 Å². The molecule has 184 valence electrons. The number of nitrogens with two attached hydrogens (primary N) is 1. The number of nitrogens with zero attached hydrogens (tertiary/aromatic N) is 3. The Bertz CT molecular complexity index is 1260. The van der Waals surface area contributed by atoms with Gasteiger partial charge in [0.2, 0.25) is 5.95 Å². The average molecular weight is 495 g/mol. The van der Waals surface area contributed by atoms with E-state index in [1.54, 1.807) is 18.3 Å². The molecular formula is C23H19F6N5O. The third kappa shape index (κ3) is 5.31. The fourth-order valence-electron chi connectivity index (χ4n) is 3.85. The van der Waals surface area contributed by atoms with E-state index in [0.29, 0.717) is 31.6 Å². The van der Waals surface area contributed by atoms with Crippen molar-refractivity contribution >= 4 is 23.2 Å². The fourth-order valence-corrected chi connectivity index (χ4v) is 3.85. The molecule has 12 heteroatoms. The number of aryl methyl sites for hydroxylation is 1. The highest BCUT2D eigenvalue weighted by Gasteiger charge is 2.37. The number of benzene rings is 2. The summed E-state index contributed by atoms with van der Waals surface area (Å²) in [5.74, 6) is -0.911. The number of hydrogen-bond acceptors (Lipinski definition) is 5. The number of amides is 1. The summed E-state index contributed by atoms with van der Waals surface area (Å²) in [4.78, 5) is 22.9. The summed E-state index contributed by atoms with van der Waals surface area (Å²) < 4.78 is 78.8. The highest BCUT2D eigenvalue weighted by molar-refractivity contribution is 6.04. The van der Waals surface area contributed by atoms with Crippen LogP contribution in [0.1, 0.15) is 38.3 Å². The van der Waals surface area contributed by atoms with Crippen molar-refractivity contribution in [3.05, 3.63) is 76.1 Å². The Labute approximate surface area is 195 Å². The van der Waals surface area contributed by atoms with Crippen LogP contribution in [0.4, 0.5) is 43.7 Å². The summed E-state index contributed by atoms with van der Waals surface area (Å²) in [7, 11) is 0. The maximum Gasteiger partial charge on any atom is 0.416 e. The van der Waals surface area contributed by atoms with Gasteiger partial charge in [-0.2, -0.15) is 26.3 Å². The Hall–Kier alpha value is -3.83. The van der Waals surface area contributed by atoms with Gasteiger partial charge >= 0.3 is 12.4 Å². The standard InChI is InChI=1S/C23H19F6N5O/c1-12-2-3-17(9-19(12)34-5-4-18-14(11-34)10-31-21(30)33-18)32-20(35)13-6-15(22(24,25)26)8-16(7-13)23(27,28)29/h2-3,6-10H,4-5,11H2,1H3,(H,32,35)(H2,30,31,33). The van der Waals surface area contributed by atoms with Crippen LogP contribution < -0.4 is 16.0 Å². The number of alkyl halides is 6. The molecule has 0 radical (unpaired) electrons. The van der Waals surface area contributed by atoms with E-state index in [9.17, 15) is 31.1 Å². The van der Waals surface area contributed by atoms with Gasteiger partial charge in [0.25, 0.3) is 5.91 Å². The molecule has 0 fully saturated rings. The van der Waals surface area contributed by atoms with E-state index < -0.39 is 35.0 Å². The molecule has 0 aliphatic carbocycles. The van der Waals surface area contributed by atoms with Crippen LogP contribution >= 0.6 is 0 Å². The van der Waals surface area contributed by atoms with E-state index in [-0.39, 0.29) is 17.7 Å². The van der Waals surface area contributed by atoms with Gasteiger partial charge in [0.1, 0.15) is 0 Å².